The van der Waals surface area contributed by atoms with Crippen molar-refractivity contribution in [3.8, 4) is 5.75 Å². The summed E-state index contributed by atoms with van der Waals surface area (Å²) < 4.78 is 2.21. The van der Waals surface area contributed by atoms with Crippen molar-refractivity contribution in [2.45, 2.75) is 25.3 Å². The van der Waals surface area contributed by atoms with Crippen molar-refractivity contribution in [1.29, 1.82) is 0 Å². The van der Waals surface area contributed by atoms with Gasteiger partial charge in [-0.1, -0.05) is 12.1 Å². The van der Waals surface area contributed by atoms with Crippen molar-refractivity contribution in [2.24, 2.45) is 0 Å². The summed E-state index contributed by atoms with van der Waals surface area (Å²) in [6, 6.07) is 11.4. The molecule has 0 bridgehead atoms. The minimum Gasteiger partial charge on any atom is -0.508 e. The monoisotopic (exact) mass is 308 g/mol. The number of phenols is 1. The summed E-state index contributed by atoms with van der Waals surface area (Å²) in [4.78, 5) is 9.40. The first kappa shape index (κ1) is 14.2. The molecule has 5 nitrogen and oxygen atoms in total. The van der Waals surface area contributed by atoms with E-state index in [9.17, 15) is 5.11 Å². The summed E-state index contributed by atoms with van der Waals surface area (Å²) in [6.07, 6.45) is 4.02. The van der Waals surface area contributed by atoms with E-state index >= 15 is 0 Å². The second kappa shape index (κ2) is 6.01. The number of hydrogen-bond acceptors (Lipinski definition) is 4. The van der Waals surface area contributed by atoms with E-state index in [-0.39, 0.29) is 0 Å². The number of aromatic nitrogens is 3. The molecule has 0 amide bonds. The van der Waals surface area contributed by atoms with Crippen molar-refractivity contribution in [2.75, 3.05) is 13.1 Å². The molecule has 4 rings (SSSR count). The molecule has 1 aliphatic rings. The molecule has 1 aromatic carbocycles. The molecular formula is C18H20N4O. The average molecular weight is 308 g/mol. The Morgan fingerprint density at radius 2 is 2.04 bits per heavy atom. The van der Waals surface area contributed by atoms with E-state index in [1.807, 2.05) is 30.5 Å². The third-order valence-electron chi connectivity index (χ3n) is 4.49. The number of rotatable bonds is 3. The van der Waals surface area contributed by atoms with E-state index in [0.717, 1.165) is 48.5 Å². The molecule has 0 atom stereocenters. The summed E-state index contributed by atoms with van der Waals surface area (Å²) in [6.45, 7) is 2.75. The molecule has 0 aliphatic carbocycles. The molecule has 2 N–H and O–H groups in total. The van der Waals surface area contributed by atoms with Crippen LogP contribution in [0.4, 0.5) is 0 Å². The number of nitrogens with one attached hydrogen (secondary N) is 1. The third kappa shape index (κ3) is 2.80. The number of nitrogens with zero attached hydrogens (tertiary/aromatic N) is 3. The van der Waals surface area contributed by atoms with Gasteiger partial charge in [-0.3, -0.25) is 0 Å². The first-order chi connectivity index (χ1) is 11.3. The van der Waals surface area contributed by atoms with Crippen LogP contribution in [0.15, 0.2) is 42.6 Å². The number of imidazole rings is 1. The lowest BCUT2D eigenvalue weighted by Crippen LogP contribution is -2.28. The number of fused-ring (bicyclic) bond motifs is 1. The zero-order chi connectivity index (χ0) is 15.6. The highest BCUT2D eigenvalue weighted by Gasteiger charge is 2.22. The molecular weight excluding hydrogens is 288 g/mol. The predicted molar refractivity (Wildman–Crippen MR) is 89.6 cm³/mol. The molecule has 118 valence electrons. The van der Waals surface area contributed by atoms with Gasteiger partial charge in [0.1, 0.15) is 17.1 Å². The fourth-order valence-corrected chi connectivity index (χ4v) is 3.36. The van der Waals surface area contributed by atoms with Gasteiger partial charge in [-0.05, 0) is 55.8 Å². The molecule has 0 spiro atoms. The maximum absolute atomic E-state index is 9.72. The Morgan fingerprint density at radius 3 is 2.87 bits per heavy atom. The lowest BCUT2D eigenvalue weighted by Gasteiger charge is -2.23. The van der Waals surface area contributed by atoms with Crippen LogP contribution in [0.1, 0.15) is 30.1 Å². The number of aromatic hydroxyl groups is 1. The fourth-order valence-electron chi connectivity index (χ4n) is 3.36. The van der Waals surface area contributed by atoms with Gasteiger partial charge in [-0.15, -0.1) is 0 Å². The van der Waals surface area contributed by atoms with Crippen LogP contribution in [0.2, 0.25) is 0 Å². The van der Waals surface area contributed by atoms with Crippen LogP contribution >= 0.6 is 0 Å². The van der Waals surface area contributed by atoms with Crippen molar-refractivity contribution in [3.05, 3.63) is 54.0 Å². The van der Waals surface area contributed by atoms with Gasteiger partial charge in [-0.25, -0.2) is 9.97 Å². The van der Waals surface area contributed by atoms with Crippen LogP contribution < -0.4 is 5.32 Å². The molecule has 0 radical (unpaired) electrons. The normalized spacial score (nSPS) is 16.0. The van der Waals surface area contributed by atoms with Gasteiger partial charge in [0.05, 0.1) is 6.54 Å². The van der Waals surface area contributed by atoms with Gasteiger partial charge in [0.25, 0.3) is 0 Å². The van der Waals surface area contributed by atoms with Gasteiger partial charge in [0.15, 0.2) is 5.65 Å². The molecule has 0 unspecified atom stereocenters. The average Bonchev–Trinajstić information content (AvgIpc) is 2.95. The molecule has 2 aromatic heterocycles. The Labute approximate surface area is 135 Å². The summed E-state index contributed by atoms with van der Waals surface area (Å²) in [5.74, 6) is 1.87. The highest BCUT2D eigenvalue weighted by atomic mass is 16.3. The van der Waals surface area contributed by atoms with E-state index in [4.69, 9.17) is 4.98 Å². The molecule has 5 heteroatoms. The fraction of sp³-hybridized carbons (Fsp3) is 0.333. The van der Waals surface area contributed by atoms with Crippen LogP contribution in [0, 0.1) is 0 Å². The van der Waals surface area contributed by atoms with Crippen molar-refractivity contribution < 1.29 is 5.11 Å². The Hall–Kier alpha value is -2.40. The van der Waals surface area contributed by atoms with Gasteiger partial charge in [0, 0.05) is 12.1 Å². The van der Waals surface area contributed by atoms with Gasteiger partial charge >= 0.3 is 0 Å². The molecule has 1 fully saturated rings. The molecule has 23 heavy (non-hydrogen) atoms. The van der Waals surface area contributed by atoms with Crippen LogP contribution in [0.3, 0.4) is 0 Å². The lowest BCUT2D eigenvalue weighted by molar-refractivity contribution is 0.435. The Bertz CT molecular complexity index is 821. The molecule has 1 aliphatic heterocycles. The van der Waals surface area contributed by atoms with Crippen molar-refractivity contribution in [1.82, 2.24) is 19.9 Å². The first-order valence-corrected chi connectivity index (χ1v) is 8.11. The standard InChI is InChI=1S/C18H20N4O/c23-15-4-1-3-13(11-15)12-22-17(14-6-9-19-10-7-14)21-16-5-2-8-20-18(16)22/h1-5,8,11,14,19,23H,6-7,9-10,12H2. The topological polar surface area (TPSA) is 63.0 Å². The van der Waals surface area contributed by atoms with Crippen LogP contribution in [0.5, 0.6) is 5.75 Å². The Morgan fingerprint density at radius 1 is 1.17 bits per heavy atom. The highest BCUT2D eigenvalue weighted by molar-refractivity contribution is 5.71. The maximum atomic E-state index is 9.72. The van der Waals surface area contributed by atoms with E-state index in [1.54, 1.807) is 12.1 Å². The number of benzene rings is 1. The SMILES string of the molecule is Oc1cccc(Cn2c(C3CCNCC3)nc3cccnc32)c1. The predicted octanol–water partition coefficient (Wildman–Crippen LogP) is 2.65. The van der Waals surface area contributed by atoms with Crippen molar-refractivity contribution in [3.63, 3.8) is 0 Å². The summed E-state index contributed by atoms with van der Waals surface area (Å²) in [7, 11) is 0. The van der Waals surface area contributed by atoms with Crippen molar-refractivity contribution >= 4 is 11.2 Å². The zero-order valence-corrected chi connectivity index (χ0v) is 12.9. The minimum absolute atomic E-state index is 0.295. The minimum atomic E-state index is 0.295. The highest BCUT2D eigenvalue weighted by Crippen LogP contribution is 2.28. The van der Waals surface area contributed by atoms with Crippen LogP contribution in [-0.4, -0.2) is 32.7 Å². The molecule has 1 saturated heterocycles. The van der Waals surface area contributed by atoms with E-state index in [1.165, 1.54) is 0 Å². The van der Waals surface area contributed by atoms with Gasteiger partial charge < -0.3 is 15.0 Å². The van der Waals surface area contributed by atoms with Gasteiger partial charge in [0.2, 0.25) is 0 Å². The molecule has 0 saturated carbocycles. The van der Waals surface area contributed by atoms with Crippen LogP contribution in [-0.2, 0) is 6.54 Å². The Balaban J connectivity index is 1.79. The number of pyridine rings is 1. The maximum Gasteiger partial charge on any atom is 0.160 e. The number of hydrogen-bond donors (Lipinski definition) is 2. The number of piperidine rings is 1. The molecule has 3 heterocycles. The lowest BCUT2D eigenvalue weighted by atomic mass is 9.97. The molecule has 3 aromatic rings. The second-order valence-corrected chi connectivity index (χ2v) is 6.10. The summed E-state index contributed by atoms with van der Waals surface area (Å²) in [5.41, 5.74) is 2.93. The first-order valence-electron chi connectivity index (χ1n) is 8.11. The van der Waals surface area contributed by atoms with E-state index < -0.39 is 0 Å². The van der Waals surface area contributed by atoms with E-state index in [0.29, 0.717) is 18.2 Å². The summed E-state index contributed by atoms with van der Waals surface area (Å²) >= 11 is 0. The summed E-state index contributed by atoms with van der Waals surface area (Å²) in [5, 5.41) is 13.1. The van der Waals surface area contributed by atoms with Gasteiger partial charge in [-0.2, -0.15) is 0 Å². The second-order valence-electron chi connectivity index (χ2n) is 6.10. The Kier molecular flexibility index (Phi) is 3.71. The quantitative estimate of drug-likeness (QED) is 0.781. The smallest absolute Gasteiger partial charge is 0.160 e. The third-order valence-corrected chi connectivity index (χ3v) is 4.49. The number of phenolic OH excluding ortho intramolecular Hbond substituents is 1. The zero-order valence-electron chi connectivity index (χ0n) is 12.9. The van der Waals surface area contributed by atoms with E-state index in [2.05, 4.69) is 14.9 Å². The van der Waals surface area contributed by atoms with Crippen LogP contribution in [0.25, 0.3) is 11.2 Å². The largest absolute Gasteiger partial charge is 0.508 e.